The number of nitrogens with zero attached hydrogens (tertiary/aromatic N) is 1. The molecular formula is C11H22N2O4S2. The molecule has 0 aliphatic carbocycles. The van der Waals surface area contributed by atoms with Crippen molar-refractivity contribution < 1.29 is 17.9 Å². The predicted octanol–water partition coefficient (Wildman–Crippen LogP) is 0.512. The molecule has 6 nitrogen and oxygen atoms in total. The lowest BCUT2D eigenvalue weighted by Crippen LogP contribution is -2.44. The van der Waals surface area contributed by atoms with Gasteiger partial charge in [-0.1, -0.05) is 26.1 Å². The average molecular weight is 310 g/mol. The van der Waals surface area contributed by atoms with Crippen LogP contribution in [0, 0.1) is 5.92 Å². The largest absolute Gasteiger partial charge is 0.468 e. The summed E-state index contributed by atoms with van der Waals surface area (Å²) >= 11 is 4.76. The molecule has 2 N–H and O–H groups in total. The average Bonchev–Trinajstić information content (AvgIpc) is 2.31. The molecule has 19 heavy (non-hydrogen) atoms. The van der Waals surface area contributed by atoms with Crippen LogP contribution in [0.15, 0.2) is 0 Å². The van der Waals surface area contributed by atoms with Crippen molar-refractivity contribution in [2.45, 2.75) is 32.4 Å². The number of thiocarbonyl (C=S) groups is 1. The van der Waals surface area contributed by atoms with E-state index in [1.54, 1.807) is 0 Å². The maximum atomic E-state index is 12.3. The van der Waals surface area contributed by atoms with E-state index in [9.17, 15) is 13.2 Å². The second-order valence-corrected chi connectivity index (χ2v) is 7.46. The molecule has 0 rings (SSSR count). The zero-order valence-electron chi connectivity index (χ0n) is 11.8. The van der Waals surface area contributed by atoms with Gasteiger partial charge in [0.2, 0.25) is 10.0 Å². The van der Waals surface area contributed by atoms with Crippen molar-refractivity contribution in [3.63, 3.8) is 0 Å². The Morgan fingerprint density at radius 1 is 1.37 bits per heavy atom. The summed E-state index contributed by atoms with van der Waals surface area (Å²) in [5, 5.41) is -1.23. The highest BCUT2D eigenvalue weighted by Crippen LogP contribution is 2.13. The van der Waals surface area contributed by atoms with Gasteiger partial charge in [0.15, 0.2) is 5.25 Å². The molecule has 1 atom stereocenters. The van der Waals surface area contributed by atoms with Crippen LogP contribution in [0.4, 0.5) is 0 Å². The summed E-state index contributed by atoms with van der Waals surface area (Å²) in [5.74, 6) is -0.643. The third-order valence-electron chi connectivity index (χ3n) is 2.52. The molecule has 1 unspecified atom stereocenters. The van der Waals surface area contributed by atoms with Crippen LogP contribution in [0.1, 0.15) is 27.2 Å². The molecule has 0 saturated heterocycles. The van der Waals surface area contributed by atoms with Crippen LogP contribution in [0.2, 0.25) is 0 Å². The Hall–Kier alpha value is -0.730. The van der Waals surface area contributed by atoms with Crippen LogP contribution in [-0.4, -0.2) is 49.1 Å². The number of rotatable bonds is 8. The molecule has 0 radical (unpaired) electrons. The van der Waals surface area contributed by atoms with Gasteiger partial charge in [-0.05, 0) is 12.8 Å². The van der Waals surface area contributed by atoms with Gasteiger partial charge in [0.1, 0.15) is 0 Å². The van der Waals surface area contributed by atoms with Crippen molar-refractivity contribution in [3.8, 4) is 0 Å². The zero-order chi connectivity index (χ0) is 15.2. The number of carbonyl (C=O) groups is 1. The molecule has 0 saturated carbocycles. The molecule has 0 amide bonds. The fourth-order valence-electron chi connectivity index (χ4n) is 1.48. The van der Waals surface area contributed by atoms with Crippen LogP contribution >= 0.6 is 12.2 Å². The molecular weight excluding hydrogens is 288 g/mol. The number of esters is 1. The van der Waals surface area contributed by atoms with Crippen LogP contribution in [0.5, 0.6) is 0 Å². The van der Waals surface area contributed by atoms with Gasteiger partial charge in [0.25, 0.3) is 0 Å². The van der Waals surface area contributed by atoms with E-state index in [0.29, 0.717) is 6.54 Å². The maximum Gasteiger partial charge on any atom is 0.325 e. The first-order valence-corrected chi connectivity index (χ1v) is 7.89. The Morgan fingerprint density at radius 3 is 2.26 bits per heavy atom. The summed E-state index contributed by atoms with van der Waals surface area (Å²) in [6.07, 6.45) is 0.287. The van der Waals surface area contributed by atoms with Gasteiger partial charge in [-0.3, -0.25) is 4.79 Å². The van der Waals surface area contributed by atoms with Gasteiger partial charge in [0, 0.05) is 19.5 Å². The third-order valence-corrected chi connectivity index (χ3v) is 4.86. The highest BCUT2D eigenvalue weighted by molar-refractivity contribution is 7.90. The number of sulfonamides is 1. The third kappa shape index (κ3) is 5.84. The lowest BCUT2D eigenvalue weighted by Gasteiger charge is -2.26. The van der Waals surface area contributed by atoms with Gasteiger partial charge in [-0.25, -0.2) is 12.7 Å². The minimum Gasteiger partial charge on any atom is -0.468 e. The number of hydrogen-bond donors (Lipinski definition) is 1. The summed E-state index contributed by atoms with van der Waals surface area (Å²) in [5.41, 5.74) is 5.40. The van der Waals surface area contributed by atoms with E-state index in [2.05, 4.69) is 4.74 Å². The van der Waals surface area contributed by atoms with E-state index < -0.39 is 21.2 Å². The van der Waals surface area contributed by atoms with Crippen molar-refractivity contribution in [3.05, 3.63) is 0 Å². The second-order valence-electron chi connectivity index (χ2n) is 4.68. The van der Waals surface area contributed by atoms with Crippen LogP contribution in [0.3, 0.4) is 0 Å². The number of hydrogen-bond acceptors (Lipinski definition) is 5. The summed E-state index contributed by atoms with van der Waals surface area (Å²) in [6, 6.07) is 0. The highest BCUT2D eigenvalue weighted by Gasteiger charge is 2.34. The van der Waals surface area contributed by atoms with Crippen molar-refractivity contribution >= 4 is 33.2 Å². The number of nitrogens with two attached hydrogens (primary N) is 1. The monoisotopic (exact) mass is 310 g/mol. The quantitative estimate of drug-likeness (QED) is 0.519. The molecule has 0 fully saturated rings. The zero-order valence-corrected chi connectivity index (χ0v) is 13.4. The minimum absolute atomic E-state index is 0.131. The van der Waals surface area contributed by atoms with E-state index in [4.69, 9.17) is 18.0 Å². The fourth-order valence-corrected chi connectivity index (χ4v) is 3.21. The van der Waals surface area contributed by atoms with E-state index >= 15 is 0 Å². The number of carbonyl (C=O) groups excluding carboxylic acids is 1. The van der Waals surface area contributed by atoms with Gasteiger partial charge in [-0.15, -0.1) is 0 Å². The van der Waals surface area contributed by atoms with Crippen molar-refractivity contribution in [2.24, 2.45) is 11.7 Å². The molecule has 0 heterocycles. The highest BCUT2D eigenvalue weighted by atomic mass is 32.2. The van der Waals surface area contributed by atoms with E-state index in [0.717, 1.165) is 7.11 Å². The summed E-state index contributed by atoms with van der Waals surface area (Å²) in [6.45, 7) is 5.59. The normalized spacial score (nSPS) is 13.6. The number of methoxy groups -OCH3 is 1. The topological polar surface area (TPSA) is 89.7 Å². The van der Waals surface area contributed by atoms with Gasteiger partial charge in [0.05, 0.1) is 12.1 Å². The van der Waals surface area contributed by atoms with Gasteiger partial charge in [-0.2, -0.15) is 0 Å². The van der Waals surface area contributed by atoms with Crippen LogP contribution in [0.25, 0.3) is 0 Å². The second kappa shape index (κ2) is 7.76. The standard InChI is InChI=1S/C11H22N2O4S2/c1-8(2)7-13(6-5-10(12)18)19(15,16)9(3)11(14)17-4/h8-9H,5-7H2,1-4H3,(H2,12,18). The van der Waals surface area contributed by atoms with E-state index in [-0.39, 0.29) is 23.9 Å². The van der Waals surface area contributed by atoms with Gasteiger partial charge >= 0.3 is 5.97 Å². The molecule has 0 aromatic heterocycles. The van der Waals surface area contributed by atoms with Gasteiger partial charge < -0.3 is 10.5 Å². The smallest absolute Gasteiger partial charge is 0.325 e. The first-order chi connectivity index (χ1) is 8.62. The van der Waals surface area contributed by atoms with Crippen LogP contribution < -0.4 is 5.73 Å². The van der Waals surface area contributed by atoms with Crippen molar-refractivity contribution in [1.29, 1.82) is 0 Å². The summed E-state index contributed by atoms with van der Waals surface area (Å²) in [7, 11) is -2.60. The molecule has 0 aromatic carbocycles. The van der Waals surface area contributed by atoms with Crippen LogP contribution in [-0.2, 0) is 19.6 Å². The Balaban J connectivity index is 5.10. The molecule has 0 spiro atoms. The molecule has 8 heteroatoms. The minimum atomic E-state index is -3.76. The lowest BCUT2D eigenvalue weighted by molar-refractivity contribution is -0.139. The van der Waals surface area contributed by atoms with E-state index in [1.807, 2.05) is 13.8 Å². The lowest BCUT2D eigenvalue weighted by atomic mass is 10.2. The van der Waals surface area contributed by atoms with E-state index in [1.165, 1.54) is 11.2 Å². The Bertz CT molecular complexity index is 420. The molecule has 0 aliphatic rings. The predicted molar refractivity (Wildman–Crippen MR) is 78.2 cm³/mol. The molecule has 0 aromatic rings. The molecule has 0 bridgehead atoms. The maximum absolute atomic E-state index is 12.3. The Kier molecular flexibility index (Phi) is 7.46. The fraction of sp³-hybridized carbons (Fsp3) is 0.818. The Labute approximate surface area is 120 Å². The molecule has 112 valence electrons. The summed E-state index contributed by atoms with van der Waals surface area (Å²) < 4.78 is 30.4. The Morgan fingerprint density at radius 2 is 1.89 bits per heavy atom. The number of ether oxygens (including phenoxy) is 1. The summed E-state index contributed by atoms with van der Waals surface area (Å²) in [4.78, 5) is 11.7. The molecule has 0 aliphatic heterocycles. The van der Waals surface area contributed by atoms with Crippen molar-refractivity contribution in [1.82, 2.24) is 4.31 Å². The first kappa shape index (κ1) is 18.3. The van der Waals surface area contributed by atoms with Crippen molar-refractivity contribution in [2.75, 3.05) is 20.2 Å². The SMILES string of the molecule is COC(=O)C(C)S(=O)(=O)N(CCC(N)=S)CC(C)C. The first-order valence-electron chi connectivity index (χ1n) is 5.98.